The van der Waals surface area contributed by atoms with E-state index >= 15 is 0 Å². The molecule has 1 heterocycles. The fourth-order valence-electron chi connectivity index (χ4n) is 3.32. The summed E-state index contributed by atoms with van der Waals surface area (Å²) in [7, 11) is 0. The van der Waals surface area contributed by atoms with Gasteiger partial charge in [-0.1, -0.05) is 24.6 Å². The van der Waals surface area contributed by atoms with Gasteiger partial charge in [-0.15, -0.1) is 0 Å². The quantitative estimate of drug-likeness (QED) is 0.851. The Kier molecular flexibility index (Phi) is 3.42. The molecule has 3 rings (SSSR count). The standard InChI is InChI=1S/C16H22N2O2/c1-16(8-4-7-14(16)17)15(19)18-9-10-20-13-6-3-2-5-12(13)11-18/h2-3,5-6,14H,4,7-11,17H2,1H3. The largest absolute Gasteiger partial charge is 0.491 e. The van der Waals surface area contributed by atoms with Gasteiger partial charge in [0.1, 0.15) is 12.4 Å². The van der Waals surface area contributed by atoms with Crippen molar-refractivity contribution in [3.63, 3.8) is 0 Å². The third kappa shape index (κ3) is 2.18. The van der Waals surface area contributed by atoms with Gasteiger partial charge < -0.3 is 15.4 Å². The average Bonchev–Trinajstić information content (AvgIpc) is 2.68. The van der Waals surface area contributed by atoms with Crippen molar-refractivity contribution in [1.82, 2.24) is 4.90 Å². The summed E-state index contributed by atoms with van der Waals surface area (Å²) >= 11 is 0. The second-order valence-electron chi connectivity index (χ2n) is 6.10. The fourth-order valence-corrected chi connectivity index (χ4v) is 3.32. The third-order valence-corrected chi connectivity index (χ3v) is 4.76. The number of ether oxygens (including phenoxy) is 1. The molecule has 108 valence electrons. The van der Waals surface area contributed by atoms with Crippen molar-refractivity contribution in [3.8, 4) is 5.75 Å². The highest BCUT2D eigenvalue weighted by molar-refractivity contribution is 5.83. The SMILES string of the molecule is CC1(C(=O)N2CCOc3ccccc3C2)CCCC1N. The van der Waals surface area contributed by atoms with Gasteiger partial charge in [0.15, 0.2) is 0 Å². The van der Waals surface area contributed by atoms with Gasteiger partial charge in [-0.05, 0) is 25.8 Å². The van der Waals surface area contributed by atoms with Crippen molar-refractivity contribution in [3.05, 3.63) is 29.8 Å². The minimum Gasteiger partial charge on any atom is -0.491 e. The molecule has 4 nitrogen and oxygen atoms in total. The van der Waals surface area contributed by atoms with Crippen molar-refractivity contribution in [2.75, 3.05) is 13.2 Å². The highest BCUT2D eigenvalue weighted by Crippen LogP contribution is 2.39. The number of nitrogens with zero attached hydrogens (tertiary/aromatic N) is 1. The predicted octanol–water partition coefficient (Wildman–Crippen LogP) is 1.93. The maximum atomic E-state index is 12.9. The van der Waals surface area contributed by atoms with Crippen LogP contribution in [0.5, 0.6) is 5.75 Å². The summed E-state index contributed by atoms with van der Waals surface area (Å²) in [5.74, 6) is 1.08. The summed E-state index contributed by atoms with van der Waals surface area (Å²) in [5, 5.41) is 0. The van der Waals surface area contributed by atoms with E-state index in [-0.39, 0.29) is 11.9 Å². The van der Waals surface area contributed by atoms with Crippen molar-refractivity contribution >= 4 is 5.91 Å². The van der Waals surface area contributed by atoms with E-state index in [0.717, 1.165) is 30.6 Å². The van der Waals surface area contributed by atoms with Gasteiger partial charge >= 0.3 is 0 Å². The number of hydrogen-bond acceptors (Lipinski definition) is 3. The number of nitrogens with two attached hydrogens (primary N) is 1. The molecule has 0 spiro atoms. The topological polar surface area (TPSA) is 55.6 Å². The smallest absolute Gasteiger partial charge is 0.230 e. The van der Waals surface area contributed by atoms with Crippen LogP contribution in [0.3, 0.4) is 0 Å². The molecule has 2 atom stereocenters. The van der Waals surface area contributed by atoms with E-state index < -0.39 is 5.41 Å². The minimum absolute atomic E-state index is 0.0191. The second-order valence-corrected chi connectivity index (χ2v) is 6.10. The van der Waals surface area contributed by atoms with Crippen LogP contribution in [0, 0.1) is 5.41 Å². The first-order valence-electron chi connectivity index (χ1n) is 7.37. The first kappa shape index (κ1) is 13.4. The normalized spacial score (nSPS) is 29.5. The molecule has 1 aliphatic carbocycles. The summed E-state index contributed by atoms with van der Waals surface area (Å²) in [6, 6.07) is 7.92. The number of hydrogen-bond donors (Lipinski definition) is 1. The van der Waals surface area contributed by atoms with E-state index in [9.17, 15) is 4.79 Å². The van der Waals surface area contributed by atoms with Crippen molar-refractivity contribution in [1.29, 1.82) is 0 Å². The third-order valence-electron chi connectivity index (χ3n) is 4.76. The number of carbonyl (C=O) groups is 1. The van der Waals surface area contributed by atoms with E-state index in [2.05, 4.69) is 0 Å². The molecule has 1 aromatic rings. The Morgan fingerprint density at radius 3 is 3.00 bits per heavy atom. The Labute approximate surface area is 119 Å². The summed E-state index contributed by atoms with van der Waals surface area (Å²) in [6.45, 7) is 3.83. The maximum Gasteiger partial charge on any atom is 0.230 e. The minimum atomic E-state index is -0.403. The fraction of sp³-hybridized carbons (Fsp3) is 0.562. The van der Waals surface area contributed by atoms with Gasteiger partial charge in [-0.2, -0.15) is 0 Å². The molecule has 4 heteroatoms. The van der Waals surface area contributed by atoms with Crippen LogP contribution in [0.15, 0.2) is 24.3 Å². The zero-order valence-electron chi connectivity index (χ0n) is 12.0. The van der Waals surface area contributed by atoms with Gasteiger partial charge in [-0.3, -0.25) is 4.79 Å². The van der Waals surface area contributed by atoms with Gasteiger partial charge in [0.2, 0.25) is 5.91 Å². The molecule has 1 aliphatic heterocycles. The van der Waals surface area contributed by atoms with E-state index in [1.807, 2.05) is 36.1 Å². The lowest BCUT2D eigenvalue weighted by atomic mass is 9.83. The predicted molar refractivity (Wildman–Crippen MR) is 77.3 cm³/mol. The van der Waals surface area contributed by atoms with E-state index in [1.165, 1.54) is 0 Å². The molecule has 0 saturated heterocycles. The van der Waals surface area contributed by atoms with Gasteiger partial charge in [0, 0.05) is 18.2 Å². The molecular weight excluding hydrogens is 252 g/mol. The summed E-state index contributed by atoms with van der Waals surface area (Å²) < 4.78 is 5.73. The van der Waals surface area contributed by atoms with E-state index in [0.29, 0.717) is 19.7 Å². The molecule has 1 amide bonds. The Morgan fingerprint density at radius 2 is 2.25 bits per heavy atom. The Bertz CT molecular complexity index is 517. The van der Waals surface area contributed by atoms with Crippen LogP contribution in [0.4, 0.5) is 0 Å². The Morgan fingerprint density at radius 1 is 1.45 bits per heavy atom. The highest BCUT2D eigenvalue weighted by Gasteiger charge is 2.45. The number of fused-ring (bicyclic) bond motifs is 1. The molecule has 1 saturated carbocycles. The molecule has 2 aliphatic rings. The lowest BCUT2D eigenvalue weighted by Crippen LogP contribution is -2.49. The van der Waals surface area contributed by atoms with Crippen molar-refractivity contribution < 1.29 is 9.53 Å². The van der Waals surface area contributed by atoms with Crippen LogP contribution in [0.2, 0.25) is 0 Å². The Hall–Kier alpha value is -1.55. The summed E-state index contributed by atoms with van der Waals surface area (Å²) in [5.41, 5.74) is 6.85. The molecule has 0 radical (unpaired) electrons. The number of para-hydroxylation sites is 1. The molecule has 2 unspecified atom stereocenters. The van der Waals surface area contributed by atoms with Gasteiger partial charge in [0.05, 0.1) is 12.0 Å². The number of amides is 1. The first-order chi connectivity index (χ1) is 9.61. The zero-order valence-corrected chi connectivity index (χ0v) is 12.0. The number of carbonyl (C=O) groups excluding carboxylic acids is 1. The van der Waals surface area contributed by atoms with E-state index in [4.69, 9.17) is 10.5 Å². The van der Waals surface area contributed by atoms with E-state index in [1.54, 1.807) is 0 Å². The molecule has 20 heavy (non-hydrogen) atoms. The first-order valence-corrected chi connectivity index (χ1v) is 7.37. The Balaban J connectivity index is 1.83. The summed E-state index contributed by atoms with van der Waals surface area (Å²) in [4.78, 5) is 14.8. The van der Waals surface area contributed by atoms with Crippen LogP contribution in [0.1, 0.15) is 31.7 Å². The molecule has 1 fully saturated rings. The molecular formula is C16H22N2O2. The molecule has 0 aromatic heterocycles. The molecule has 2 N–H and O–H groups in total. The van der Waals surface area contributed by atoms with Crippen LogP contribution < -0.4 is 10.5 Å². The number of rotatable bonds is 1. The monoisotopic (exact) mass is 274 g/mol. The van der Waals surface area contributed by atoms with Crippen molar-refractivity contribution in [2.24, 2.45) is 11.1 Å². The summed E-state index contributed by atoms with van der Waals surface area (Å²) in [6.07, 6.45) is 2.89. The van der Waals surface area contributed by atoms with Crippen molar-refractivity contribution in [2.45, 2.75) is 38.8 Å². The maximum absolute atomic E-state index is 12.9. The number of benzene rings is 1. The molecule has 0 bridgehead atoms. The average molecular weight is 274 g/mol. The van der Waals surface area contributed by atoms with Crippen LogP contribution in [0.25, 0.3) is 0 Å². The molecule has 1 aromatic carbocycles. The lowest BCUT2D eigenvalue weighted by Gasteiger charge is -2.33. The van der Waals surface area contributed by atoms with Gasteiger partial charge in [0.25, 0.3) is 0 Å². The van der Waals surface area contributed by atoms with Crippen LogP contribution in [-0.2, 0) is 11.3 Å². The zero-order chi connectivity index (χ0) is 14.2. The van der Waals surface area contributed by atoms with Crippen LogP contribution >= 0.6 is 0 Å². The highest BCUT2D eigenvalue weighted by atomic mass is 16.5. The van der Waals surface area contributed by atoms with Crippen LogP contribution in [-0.4, -0.2) is 30.0 Å². The van der Waals surface area contributed by atoms with Gasteiger partial charge in [-0.25, -0.2) is 0 Å². The second kappa shape index (κ2) is 5.09. The lowest BCUT2D eigenvalue weighted by molar-refractivity contribution is -0.142.